The van der Waals surface area contributed by atoms with Gasteiger partial charge >= 0.3 is 0 Å². The van der Waals surface area contributed by atoms with Crippen LogP contribution >= 0.6 is 0 Å². The number of nitrogens with one attached hydrogen (secondary N) is 1. The minimum atomic E-state index is -0.986. The molecular weight excluding hydrogens is 338 g/mol. The van der Waals surface area contributed by atoms with E-state index in [0.29, 0.717) is 5.75 Å². The van der Waals surface area contributed by atoms with Crippen molar-refractivity contribution in [2.24, 2.45) is 0 Å². The Kier molecular flexibility index (Phi) is 5.53. The number of hydrogen-bond acceptors (Lipinski definition) is 6. The lowest BCUT2D eigenvalue weighted by molar-refractivity contribution is -0.361. The van der Waals surface area contributed by atoms with Crippen LogP contribution in [0.1, 0.15) is 33.3 Å². The molecule has 2 heterocycles. The lowest BCUT2D eigenvalue weighted by Crippen LogP contribution is -2.69. The maximum atomic E-state index is 11.6. The van der Waals surface area contributed by atoms with Crippen molar-refractivity contribution < 1.29 is 28.8 Å². The Morgan fingerprint density at radius 2 is 2.19 bits per heavy atom. The largest absolute Gasteiger partial charge is 0.463 e. The highest BCUT2D eigenvalue weighted by molar-refractivity contribution is 5.73. The van der Waals surface area contributed by atoms with E-state index in [-0.39, 0.29) is 12.5 Å². The van der Waals surface area contributed by atoms with Gasteiger partial charge in [0.25, 0.3) is 0 Å². The van der Waals surface area contributed by atoms with E-state index in [0.717, 1.165) is 12.0 Å². The first kappa shape index (κ1) is 19.1. The first-order valence-electron chi connectivity index (χ1n) is 8.97. The molecule has 144 valence electrons. The molecule has 7 nitrogen and oxygen atoms in total. The Hall–Kier alpha value is -1.67. The van der Waals surface area contributed by atoms with Crippen LogP contribution < -0.4 is 10.1 Å². The molecule has 1 amide bonds. The summed E-state index contributed by atoms with van der Waals surface area (Å²) in [7, 11) is 0. The minimum absolute atomic E-state index is 0.274. The molecule has 1 aromatic carbocycles. The first-order valence-corrected chi connectivity index (χ1v) is 8.97. The molecule has 3 rings (SSSR count). The lowest BCUT2D eigenvalue weighted by atomic mass is 9.95. The highest BCUT2D eigenvalue weighted by Crippen LogP contribution is 2.33. The monoisotopic (exact) mass is 365 g/mol. The number of aliphatic hydroxyl groups is 1. The van der Waals surface area contributed by atoms with Crippen LogP contribution in [0.25, 0.3) is 0 Å². The van der Waals surface area contributed by atoms with Gasteiger partial charge in [0, 0.05) is 6.92 Å². The number of fused-ring (bicyclic) bond motifs is 1. The van der Waals surface area contributed by atoms with Gasteiger partial charge in [0.05, 0.1) is 6.61 Å². The van der Waals surface area contributed by atoms with Gasteiger partial charge in [-0.15, -0.1) is 0 Å². The lowest BCUT2D eigenvalue weighted by Gasteiger charge is -2.49. The number of aryl methyl sites for hydroxylation is 1. The van der Waals surface area contributed by atoms with Crippen LogP contribution in [0.4, 0.5) is 0 Å². The molecule has 2 aliphatic heterocycles. The van der Waals surface area contributed by atoms with Crippen molar-refractivity contribution in [2.45, 2.75) is 70.5 Å². The zero-order chi connectivity index (χ0) is 18.9. The van der Waals surface area contributed by atoms with Crippen molar-refractivity contribution in [1.29, 1.82) is 0 Å². The summed E-state index contributed by atoms with van der Waals surface area (Å²) in [5.74, 6) is -0.484. The van der Waals surface area contributed by atoms with E-state index in [4.69, 9.17) is 18.9 Å². The Balaban J connectivity index is 1.81. The Morgan fingerprint density at radius 1 is 1.42 bits per heavy atom. The summed E-state index contributed by atoms with van der Waals surface area (Å²) in [5, 5.41) is 13.6. The standard InChI is InChI=1S/C19H27NO6/c1-5-12-7-6-8-13(9-12)24-18-15(20-11(2)21)16(22)17-14(25-18)10-23-19(3,4)26-17/h6-9,14-18,22H,5,10H2,1-4H3,(H,20,21)/t14-,15+,16+,17+,18-/m0/s1. The van der Waals surface area contributed by atoms with Crippen molar-refractivity contribution in [1.82, 2.24) is 5.32 Å². The normalized spacial score (nSPS) is 33.2. The second-order valence-corrected chi connectivity index (χ2v) is 7.17. The van der Waals surface area contributed by atoms with Crippen molar-refractivity contribution in [3.8, 4) is 5.75 Å². The van der Waals surface area contributed by atoms with Crippen LogP contribution in [0.15, 0.2) is 24.3 Å². The van der Waals surface area contributed by atoms with E-state index in [1.165, 1.54) is 6.92 Å². The summed E-state index contributed by atoms with van der Waals surface area (Å²) in [6, 6.07) is 6.90. The third kappa shape index (κ3) is 4.17. The van der Waals surface area contributed by atoms with Crippen LogP contribution in [-0.4, -0.2) is 54.1 Å². The smallest absolute Gasteiger partial charge is 0.223 e. The van der Waals surface area contributed by atoms with Crippen LogP contribution in [0, 0.1) is 0 Å². The molecule has 0 aliphatic carbocycles. The number of hydrogen-bond donors (Lipinski definition) is 2. The number of rotatable bonds is 4. The molecule has 0 saturated carbocycles. The number of benzene rings is 1. The van der Waals surface area contributed by atoms with Gasteiger partial charge in [0.2, 0.25) is 12.2 Å². The van der Waals surface area contributed by atoms with E-state index < -0.39 is 36.4 Å². The van der Waals surface area contributed by atoms with Gasteiger partial charge in [0.15, 0.2) is 5.79 Å². The molecular formula is C19H27NO6. The Bertz CT molecular complexity index is 649. The average molecular weight is 365 g/mol. The molecule has 2 N–H and O–H groups in total. The molecule has 0 radical (unpaired) electrons. The molecule has 2 aliphatic rings. The number of aliphatic hydroxyl groups excluding tert-OH is 1. The predicted molar refractivity (Wildman–Crippen MR) is 93.6 cm³/mol. The SMILES string of the molecule is CCc1cccc(O[C@H]2O[C@H]3COC(C)(C)O[C@H]3[C@H](O)[C@H]2NC(C)=O)c1. The maximum absolute atomic E-state index is 11.6. The summed E-state index contributed by atoms with van der Waals surface area (Å²) in [5.41, 5.74) is 1.12. The molecule has 0 bridgehead atoms. The first-order chi connectivity index (χ1) is 12.3. The van der Waals surface area contributed by atoms with Crippen LogP contribution in [0.3, 0.4) is 0 Å². The van der Waals surface area contributed by atoms with Crippen molar-refractivity contribution in [3.63, 3.8) is 0 Å². The van der Waals surface area contributed by atoms with Crippen molar-refractivity contribution >= 4 is 5.91 Å². The van der Waals surface area contributed by atoms with Gasteiger partial charge in [-0.1, -0.05) is 19.1 Å². The third-order valence-corrected chi connectivity index (χ3v) is 4.62. The highest BCUT2D eigenvalue weighted by Gasteiger charge is 2.52. The number of carbonyl (C=O) groups excluding carboxylic acids is 1. The minimum Gasteiger partial charge on any atom is -0.463 e. The molecule has 5 atom stereocenters. The van der Waals surface area contributed by atoms with Crippen molar-refractivity contribution in [3.05, 3.63) is 29.8 Å². The molecule has 0 unspecified atom stereocenters. The van der Waals surface area contributed by atoms with Crippen LogP contribution in [-0.2, 0) is 25.4 Å². The van der Waals surface area contributed by atoms with Gasteiger partial charge < -0.3 is 29.4 Å². The summed E-state index contributed by atoms with van der Waals surface area (Å²) >= 11 is 0. The summed E-state index contributed by atoms with van der Waals surface area (Å²) in [6.07, 6.45) is -2.06. The third-order valence-electron chi connectivity index (χ3n) is 4.62. The fourth-order valence-corrected chi connectivity index (χ4v) is 3.31. The fourth-order valence-electron chi connectivity index (χ4n) is 3.31. The van der Waals surface area contributed by atoms with Gasteiger partial charge in [-0.05, 0) is 38.0 Å². The molecule has 26 heavy (non-hydrogen) atoms. The second kappa shape index (κ2) is 7.52. The fraction of sp³-hybridized carbons (Fsp3) is 0.632. The van der Waals surface area contributed by atoms with Gasteiger partial charge in [-0.3, -0.25) is 4.79 Å². The zero-order valence-electron chi connectivity index (χ0n) is 15.6. The van der Waals surface area contributed by atoms with Gasteiger partial charge in [-0.2, -0.15) is 0 Å². The maximum Gasteiger partial charge on any atom is 0.223 e. The average Bonchev–Trinajstić information content (AvgIpc) is 2.58. The van der Waals surface area contributed by atoms with E-state index in [1.54, 1.807) is 13.8 Å². The Labute approximate surface area is 153 Å². The highest BCUT2D eigenvalue weighted by atomic mass is 16.8. The van der Waals surface area contributed by atoms with Crippen LogP contribution in [0.2, 0.25) is 0 Å². The van der Waals surface area contributed by atoms with E-state index >= 15 is 0 Å². The summed E-state index contributed by atoms with van der Waals surface area (Å²) in [4.78, 5) is 11.6. The molecule has 0 spiro atoms. The molecule has 7 heteroatoms. The van der Waals surface area contributed by atoms with E-state index in [2.05, 4.69) is 12.2 Å². The zero-order valence-corrected chi connectivity index (χ0v) is 15.6. The summed E-state index contributed by atoms with van der Waals surface area (Å²) < 4.78 is 23.4. The number of carbonyl (C=O) groups is 1. The predicted octanol–water partition coefficient (Wildman–Crippen LogP) is 1.37. The molecule has 1 aromatic rings. The van der Waals surface area contributed by atoms with Gasteiger partial charge in [-0.25, -0.2) is 0 Å². The second-order valence-electron chi connectivity index (χ2n) is 7.17. The van der Waals surface area contributed by atoms with E-state index in [1.807, 2.05) is 24.3 Å². The number of amides is 1. The molecule has 2 fully saturated rings. The number of ether oxygens (including phenoxy) is 4. The molecule has 2 saturated heterocycles. The van der Waals surface area contributed by atoms with Crippen molar-refractivity contribution in [2.75, 3.05) is 6.61 Å². The topological polar surface area (TPSA) is 86.2 Å². The van der Waals surface area contributed by atoms with Gasteiger partial charge in [0.1, 0.15) is 30.1 Å². The Morgan fingerprint density at radius 3 is 2.88 bits per heavy atom. The summed E-state index contributed by atoms with van der Waals surface area (Å²) in [6.45, 7) is 7.28. The molecule has 0 aromatic heterocycles. The van der Waals surface area contributed by atoms with E-state index in [9.17, 15) is 9.90 Å². The quantitative estimate of drug-likeness (QED) is 0.838. The van der Waals surface area contributed by atoms with Crippen LogP contribution in [0.5, 0.6) is 5.75 Å².